The van der Waals surface area contributed by atoms with Gasteiger partial charge in [0, 0.05) is 30.0 Å². The van der Waals surface area contributed by atoms with E-state index in [0.717, 1.165) is 11.3 Å². The summed E-state index contributed by atoms with van der Waals surface area (Å²) in [6.45, 7) is 1.14. The van der Waals surface area contributed by atoms with Crippen LogP contribution in [0.5, 0.6) is 0 Å². The van der Waals surface area contributed by atoms with Crippen LogP contribution >= 0.6 is 0 Å². The lowest BCUT2D eigenvalue weighted by atomic mass is 9.99. The third-order valence-corrected chi connectivity index (χ3v) is 6.69. The Labute approximate surface area is 238 Å². The maximum atomic E-state index is 13.3. The number of carbonyl (C=O) groups is 3. The summed E-state index contributed by atoms with van der Waals surface area (Å²) in [5.74, 6) is -0.728. The number of furan rings is 1. The summed E-state index contributed by atoms with van der Waals surface area (Å²) in [7, 11) is 5.22. The second-order valence-corrected chi connectivity index (χ2v) is 9.73. The highest BCUT2D eigenvalue weighted by atomic mass is 16.5. The third kappa shape index (κ3) is 5.90. The Bertz CT molecular complexity index is 1590. The van der Waals surface area contributed by atoms with Gasteiger partial charge in [0.2, 0.25) is 0 Å². The summed E-state index contributed by atoms with van der Waals surface area (Å²) < 4.78 is 10.2. The number of benzene rings is 3. The highest BCUT2D eigenvalue weighted by Crippen LogP contribution is 2.38. The average molecular weight is 551 g/mol. The molecule has 0 unspecified atom stereocenters. The molecule has 1 aromatic heterocycles. The van der Waals surface area contributed by atoms with Gasteiger partial charge in [-0.25, -0.2) is 4.79 Å². The van der Waals surface area contributed by atoms with E-state index in [0.29, 0.717) is 46.9 Å². The molecule has 0 fully saturated rings. The molecule has 41 heavy (non-hydrogen) atoms. The minimum Gasteiger partial charge on any atom is -0.465 e. The van der Waals surface area contributed by atoms with Gasteiger partial charge in [0.25, 0.3) is 11.8 Å². The minimum absolute atomic E-state index is 0.227. The Balaban J connectivity index is 1.50. The van der Waals surface area contributed by atoms with Gasteiger partial charge in [0.1, 0.15) is 0 Å². The van der Waals surface area contributed by atoms with Gasteiger partial charge in [-0.1, -0.05) is 36.4 Å². The molecule has 5 rings (SSSR count). The van der Waals surface area contributed by atoms with Crippen LogP contribution < -0.4 is 15.5 Å². The van der Waals surface area contributed by atoms with Crippen molar-refractivity contribution in [2.24, 2.45) is 0 Å². The molecule has 0 spiro atoms. The van der Waals surface area contributed by atoms with Crippen LogP contribution in [0.1, 0.15) is 32.0 Å². The van der Waals surface area contributed by atoms with Crippen molar-refractivity contribution in [3.63, 3.8) is 0 Å². The van der Waals surface area contributed by atoms with Crippen LogP contribution in [0.25, 0.3) is 11.3 Å². The van der Waals surface area contributed by atoms with E-state index in [-0.39, 0.29) is 17.6 Å². The number of rotatable bonds is 9. The molecule has 2 amide bonds. The van der Waals surface area contributed by atoms with Crippen molar-refractivity contribution in [1.29, 1.82) is 0 Å². The van der Waals surface area contributed by atoms with Gasteiger partial charge >= 0.3 is 5.97 Å². The molecular formula is C32H30N4O5. The smallest absolute Gasteiger partial charge is 0.337 e. The van der Waals surface area contributed by atoms with Crippen molar-refractivity contribution in [2.45, 2.75) is 0 Å². The molecule has 2 N–H and O–H groups in total. The first-order valence-corrected chi connectivity index (χ1v) is 13.1. The highest BCUT2D eigenvalue weighted by Gasteiger charge is 2.29. The van der Waals surface area contributed by atoms with E-state index in [1.165, 1.54) is 13.4 Å². The number of hydrogen-bond acceptors (Lipinski definition) is 7. The largest absolute Gasteiger partial charge is 0.465 e. The number of esters is 1. The molecule has 4 aromatic rings. The predicted octanol–water partition coefficient (Wildman–Crippen LogP) is 5.21. The standard InChI is InChI=1S/C32H30N4O5/c1-35(2)17-18-36(31(38)27-10-7-19-41-27)24-14-12-23(13-15-24)33-29(21-8-5-4-6-9-21)28-25-16-11-22(32(39)40-3)20-26(25)34-30(28)37/h4-16,19-20,33H,17-18H2,1-3H3,(H,34,37). The molecule has 0 bridgehead atoms. The number of likely N-dealkylation sites (N-methyl/N-ethyl adjacent to an activating group) is 1. The SMILES string of the molecule is COC(=O)c1ccc2c(c1)NC(=O)C2=C(Nc1ccc(N(CCN(C)C)C(=O)c2ccco2)cc1)c1ccccc1. The molecular weight excluding hydrogens is 520 g/mol. The Morgan fingerprint density at radius 3 is 2.32 bits per heavy atom. The fourth-order valence-corrected chi connectivity index (χ4v) is 4.60. The second kappa shape index (κ2) is 11.9. The fraction of sp³-hybridized carbons (Fsp3) is 0.156. The normalized spacial score (nSPS) is 13.4. The minimum atomic E-state index is -0.480. The van der Waals surface area contributed by atoms with Crippen LogP contribution in [0.4, 0.5) is 17.1 Å². The molecule has 0 atom stereocenters. The summed E-state index contributed by atoms with van der Waals surface area (Å²) in [4.78, 5) is 42.2. The topological polar surface area (TPSA) is 104 Å². The van der Waals surface area contributed by atoms with E-state index in [2.05, 4.69) is 10.6 Å². The number of methoxy groups -OCH3 is 1. The first-order chi connectivity index (χ1) is 19.9. The molecule has 9 nitrogen and oxygen atoms in total. The number of fused-ring (bicyclic) bond motifs is 1. The fourth-order valence-electron chi connectivity index (χ4n) is 4.60. The van der Waals surface area contributed by atoms with E-state index in [1.807, 2.05) is 73.6 Å². The van der Waals surface area contributed by atoms with Gasteiger partial charge in [0.05, 0.1) is 35.9 Å². The maximum Gasteiger partial charge on any atom is 0.337 e. The summed E-state index contributed by atoms with van der Waals surface area (Å²) >= 11 is 0. The molecule has 1 aliphatic heterocycles. The van der Waals surface area contributed by atoms with E-state index >= 15 is 0 Å². The molecule has 0 saturated heterocycles. The van der Waals surface area contributed by atoms with Crippen LogP contribution in [0, 0.1) is 0 Å². The van der Waals surface area contributed by atoms with Crippen LogP contribution in [-0.2, 0) is 9.53 Å². The molecule has 3 aromatic carbocycles. The van der Waals surface area contributed by atoms with Crippen molar-refractivity contribution in [3.8, 4) is 0 Å². The van der Waals surface area contributed by atoms with Crippen LogP contribution in [-0.4, -0.2) is 57.0 Å². The number of nitrogens with one attached hydrogen (secondary N) is 2. The van der Waals surface area contributed by atoms with Gasteiger partial charge in [-0.2, -0.15) is 0 Å². The van der Waals surface area contributed by atoms with Crippen LogP contribution in [0.2, 0.25) is 0 Å². The molecule has 2 heterocycles. The van der Waals surface area contributed by atoms with Gasteiger partial charge in [-0.3, -0.25) is 9.59 Å². The number of ether oxygens (including phenoxy) is 1. The monoisotopic (exact) mass is 550 g/mol. The van der Waals surface area contributed by atoms with Gasteiger partial charge in [-0.15, -0.1) is 0 Å². The first kappa shape index (κ1) is 27.4. The summed E-state index contributed by atoms with van der Waals surface area (Å²) in [6, 6.07) is 25.3. The maximum absolute atomic E-state index is 13.3. The van der Waals surface area contributed by atoms with E-state index < -0.39 is 5.97 Å². The van der Waals surface area contributed by atoms with Gasteiger partial charge in [-0.05, 0) is 68.2 Å². The predicted molar refractivity (Wildman–Crippen MR) is 159 cm³/mol. The highest BCUT2D eigenvalue weighted by molar-refractivity contribution is 6.37. The summed E-state index contributed by atoms with van der Waals surface area (Å²) in [5, 5.41) is 6.30. The molecule has 9 heteroatoms. The zero-order valence-electron chi connectivity index (χ0n) is 23.0. The van der Waals surface area contributed by atoms with E-state index in [1.54, 1.807) is 35.2 Å². The third-order valence-electron chi connectivity index (χ3n) is 6.69. The molecule has 208 valence electrons. The average Bonchev–Trinajstić information content (AvgIpc) is 3.64. The number of carbonyl (C=O) groups excluding carboxylic acids is 3. The summed E-state index contributed by atoms with van der Waals surface area (Å²) in [5.41, 5.74) is 4.87. The number of amides is 2. The molecule has 0 aliphatic carbocycles. The Morgan fingerprint density at radius 1 is 0.902 bits per heavy atom. The molecule has 0 radical (unpaired) electrons. The Hall–Kier alpha value is -5.15. The van der Waals surface area contributed by atoms with Crippen molar-refractivity contribution < 1.29 is 23.5 Å². The van der Waals surface area contributed by atoms with Crippen molar-refractivity contribution in [2.75, 3.05) is 49.8 Å². The first-order valence-electron chi connectivity index (χ1n) is 13.1. The van der Waals surface area contributed by atoms with Crippen molar-refractivity contribution >= 4 is 46.1 Å². The quantitative estimate of drug-likeness (QED) is 0.218. The van der Waals surface area contributed by atoms with Gasteiger partial charge in [0.15, 0.2) is 5.76 Å². The number of nitrogens with zero attached hydrogens (tertiary/aromatic N) is 2. The zero-order valence-corrected chi connectivity index (χ0v) is 23.0. The lowest BCUT2D eigenvalue weighted by Crippen LogP contribution is -2.36. The Kier molecular flexibility index (Phi) is 7.98. The second-order valence-electron chi connectivity index (χ2n) is 9.73. The number of hydrogen-bond donors (Lipinski definition) is 2. The molecule has 1 aliphatic rings. The Morgan fingerprint density at radius 2 is 1.66 bits per heavy atom. The summed E-state index contributed by atoms with van der Waals surface area (Å²) in [6.07, 6.45) is 1.48. The lowest BCUT2D eigenvalue weighted by Gasteiger charge is -2.24. The van der Waals surface area contributed by atoms with Crippen molar-refractivity contribution in [1.82, 2.24) is 4.90 Å². The van der Waals surface area contributed by atoms with Crippen LogP contribution in [0.15, 0.2) is 95.6 Å². The molecule has 0 saturated carbocycles. The van der Waals surface area contributed by atoms with Crippen LogP contribution in [0.3, 0.4) is 0 Å². The zero-order chi connectivity index (χ0) is 28.9. The number of anilines is 3. The van der Waals surface area contributed by atoms with Gasteiger partial charge < -0.3 is 29.6 Å². The van der Waals surface area contributed by atoms with E-state index in [4.69, 9.17) is 9.15 Å². The van der Waals surface area contributed by atoms with Crippen molar-refractivity contribution in [3.05, 3.63) is 114 Å². The lowest BCUT2D eigenvalue weighted by molar-refractivity contribution is -0.110. The van der Waals surface area contributed by atoms with E-state index in [9.17, 15) is 14.4 Å².